The second-order valence-corrected chi connectivity index (χ2v) is 5.77. The van der Waals surface area contributed by atoms with Crippen LogP contribution in [0.4, 0.5) is 13.2 Å². The molecule has 3 aromatic rings. The molecule has 6 heteroatoms. The standard InChI is InChI=1S/2C7H8FN.C6H6FN/c1-5-3-6(2)9-7(8)4-5;1-5-3-4-6(2)9-7(5)8;1-5-3-2-4-6(7)8-5/h2*3-4H,1-2H3;2-4H,1H3. The second kappa shape index (κ2) is 10.3. The lowest BCUT2D eigenvalue weighted by atomic mass is 10.2. The average molecular weight is 361 g/mol. The Morgan fingerprint density at radius 3 is 1.65 bits per heavy atom. The van der Waals surface area contributed by atoms with E-state index in [1.54, 1.807) is 52.0 Å². The first-order valence-electron chi connectivity index (χ1n) is 7.97. The van der Waals surface area contributed by atoms with E-state index in [1.165, 1.54) is 12.1 Å². The third-order valence-electron chi connectivity index (χ3n) is 3.10. The molecule has 0 N–H and O–H groups in total. The average Bonchev–Trinajstić information content (AvgIpc) is 2.51. The van der Waals surface area contributed by atoms with E-state index in [-0.39, 0.29) is 5.95 Å². The summed E-state index contributed by atoms with van der Waals surface area (Å²) >= 11 is 0. The van der Waals surface area contributed by atoms with Crippen LogP contribution >= 0.6 is 0 Å². The van der Waals surface area contributed by atoms with Crippen LogP contribution < -0.4 is 0 Å². The van der Waals surface area contributed by atoms with E-state index in [9.17, 15) is 13.2 Å². The van der Waals surface area contributed by atoms with Gasteiger partial charge in [0.2, 0.25) is 17.8 Å². The molecule has 0 radical (unpaired) electrons. The van der Waals surface area contributed by atoms with Crippen molar-refractivity contribution in [2.75, 3.05) is 0 Å². The van der Waals surface area contributed by atoms with Gasteiger partial charge >= 0.3 is 0 Å². The molecule has 0 bridgehead atoms. The lowest BCUT2D eigenvalue weighted by Crippen LogP contribution is -1.88. The van der Waals surface area contributed by atoms with Crippen molar-refractivity contribution in [1.82, 2.24) is 15.0 Å². The lowest BCUT2D eigenvalue weighted by molar-refractivity contribution is 0.570. The van der Waals surface area contributed by atoms with Crippen LogP contribution in [0.25, 0.3) is 0 Å². The molecule has 0 amide bonds. The second-order valence-electron chi connectivity index (χ2n) is 5.77. The van der Waals surface area contributed by atoms with Crippen molar-refractivity contribution >= 4 is 0 Å². The van der Waals surface area contributed by atoms with Crippen LogP contribution in [0.5, 0.6) is 0 Å². The molecule has 3 rings (SSSR count). The molecule has 26 heavy (non-hydrogen) atoms. The number of aromatic nitrogens is 3. The summed E-state index contributed by atoms with van der Waals surface area (Å²) in [6.45, 7) is 8.83. The monoisotopic (exact) mass is 361 g/mol. The van der Waals surface area contributed by atoms with Crippen LogP contribution in [-0.2, 0) is 0 Å². The number of nitrogens with zero attached hydrogens (tertiary/aromatic N) is 3. The predicted octanol–water partition coefficient (Wildman–Crippen LogP) is 5.20. The summed E-state index contributed by atoms with van der Waals surface area (Å²) in [6, 6.07) is 11.5. The molecule has 0 fully saturated rings. The zero-order valence-electron chi connectivity index (χ0n) is 15.5. The molecule has 0 saturated heterocycles. The minimum atomic E-state index is -0.412. The summed E-state index contributed by atoms with van der Waals surface area (Å²) in [4.78, 5) is 10.7. The molecule has 0 unspecified atom stereocenters. The summed E-state index contributed by atoms with van der Waals surface area (Å²) in [5.74, 6) is -1.17. The normalized spacial score (nSPS) is 9.54. The van der Waals surface area contributed by atoms with Gasteiger partial charge in [-0.25, -0.2) is 15.0 Å². The molecule has 0 spiro atoms. The maximum atomic E-state index is 12.5. The highest BCUT2D eigenvalue weighted by Crippen LogP contribution is 2.02. The molecular weight excluding hydrogens is 339 g/mol. The fraction of sp³-hybridized carbons (Fsp3) is 0.250. The maximum absolute atomic E-state index is 12.5. The summed E-state index contributed by atoms with van der Waals surface area (Å²) in [5.41, 5.74) is 3.68. The Balaban J connectivity index is 0.000000195. The van der Waals surface area contributed by atoms with E-state index < -0.39 is 11.9 Å². The Morgan fingerprint density at radius 2 is 1.23 bits per heavy atom. The van der Waals surface area contributed by atoms with Gasteiger partial charge in [0.1, 0.15) is 0 Å². The summed E-state index contributed by atoms with van der Waals surface area (Å²) in [5, 5.41) is 0. The summed E-state index contributed by atoms with van der Waals surface area (Å²) in [7, 11) is 0. The van der Waals surface area contributed by atoms with Crippen LogP contribution in [0.2, 0.25) is 0 Å². The first-order chi connectivity index (χ1) is 12.2. The van der Waals surface area contributed by atoms with Crippen LogP contribution in [0, 0.1) is 52.5 Å². The van der Waals surface area contributed by atoms with E-state index in [1.807, 2.05) is 13.0 Å². The maximum Gasteiger partial charge on any atom is 0.215 e. The van der Waals surface area contributed by atoms with Crippen LogP contribution in [0.15, 0.2) is 42.5 Å². The first kappa shape index (κ1) is 21.3. The molecule has 3 heterocycles. The molecule has 0 aliphatic heterocycles. The highest BCUT2D eigenvalue weighted by atomic mass is 19.1. The number of pyridine rings is 3. The largest absolute Gasteiger partial charge is 0.225 e. The van der Waals surface area contributed by atoms with Gasteiger partial charge in [0.15, 0.2) is 0 Å². The van der Waals surface area contributed by atoms with E-state index >= 15 is 0 Å². The van der Waals surface area contributed by atoms with Crippen molar-refractivity contribution in [3.63, 3.8) is 0 Å². The Labute approximate surface area is 152 Å². The molecule has 138 valence electrons. The Hall–Kier alpha value is -2.76. The van der Waals surface area contributed by atoms with Gasteiger partial charge in [-0.3, -0.25) is 0 Å². The van der Waals surface area contributed by atoms with E-state index in [0.29, 0.717) is 11.3 Å². The SMILES string of the molecule is Cc1cc(C)nc(F)c1.Cc1ccc(C)c(F)n1.Cc1cccc(F)n1. The van der Waals surface area contributed by atoms with E-state index in [4.69, 9.17) is 0 Å². The van der Waals surface area contributed by atoms with Gasteiger partial charge in [0.05, 0.1) is 0 Å². The predicted molar refractivity (Wildman–Crippen MR) is 96.3 cm³/mol. The van der Waals surface area contributed by atoms with Gasteiger partial charge in [0, 0.05) is 22.6 Å². The number of rotatable bonds is 0. The van der Waals surface area contributed by atoms with Crippen molar-refractivity contribution in [3.05, 3.63) is 88.5 Å². The molecule has 3 aromatic heterocycles. The van der Waals surface area contributed by atoms with Gasteiger partial charge in [0.25, 0.3) is 0 Å². The highest BCUT2D eigenvalue weighted by Gasteiger charge is 1.95. The fourth-order valence-corrected chi connectivity index (χ4v) is 1.90. The summed E-state index contributed by atoms with van der Waals surface area (Å²) in [6.07, 6.45) is 0. The van der Waals surface area contributed by atoms with Gasteiger partial charge < -0.3 is 0 Å². The number of hydrogen-bond donors (Lipinski definition) is 0. The smallest absolute Gasteiger partial charge is 0.215 e. The zero-order chi connectivity index (χ0) is 19.7. The molecule has 0 atom stereocenters. The topological polar surface area (TPSA) is 38.7 Å². The van der Waals surface area contributed by atoms with Crippen LogP contribution in [0.1, 0.15) is 28.2 Å². The van der Waals surface area contributed by atoms with Crippen LogP contribution in [0.3, 0.4) is 0 Å². The fourth-order valence-electron chi connectivity index (χ4n) is 1.90. The Kier molecular flexibility index (Phi) is 8.42. The van der Waals surface area contributed by atoms with Gasteiger partial charge in [-0.05, 0) is 70.5 Å². The van der Waals surface area contributed by atoms with Crippen molar-refractivity contribution in [3.8, 4) is 0 Å². The van der Waals surface area contributed by atoms with Crippen molar-refractivity contribution in [2.45, 2.75) is 34.6 Å². The molecule has 0 aliphatic carbocycles. The van der Waals surface area contributed by atoms with Crippen molar-refractivity contribution in [1.29, 1.82) is 0 Å². The highest BCUT2D eigenvalue weighted by molar-refractivity contribution is 5.14. The van der Waals surface area contributed by atoms with E-state index in [0.717, 1.165) is 17.0 Å². The van der Waals surface area contributed by atoms with Gasteiger partial charge in [-0.2, -0.15) is 13.2 Å². The Morgan fingerprint density at radius 1 is 0.615 bits per heavy atom. The summed E-state index contributed by atoms with van der Waals surface area (Å²) < 4.78 is 36.8. The minimum Gasteiger partial charge on any atom is -0.225 e. The number of halogens is 3. The molecule has 0 saturated carbocycles. The number of hydrogen-bond acceptors (Lipinski definition) is 3. The van der Waals surface area contributed by atoms with Crippen molar-refractivity contribution < 1.29 is 13.2 Å². The lowest BCUT2D eigenvalue weighted by Gasteiger charge is -1.93. The molecular formula is C20H22F3N3. The third-order valence-corrected chi connectivity index (χ3v) is 3.10. The van der Waals surface area contributed by atoms with Gasteiger partial charge in [-0.1, -0.05) is 12.1 Å². The zero-order valence-corrected chi connectivity index (χ0v) is 15.5. The van der Waals surface area contributed by atoms with E-state index in [2.05, 4.69) is 15.0 Å². The van der Waals surface area contributed by atoms with Crippen molar-refractivity contribution in [2.24, 2.45) is 0 Å². The minimum absolute atomic E-state index is 0.366. The number of aryl methyl sites for hydroxylation is 5. The molecule has 0 aliphatic rings. The van der Waals surface area contributed by atoms with Crippen LogP contribution in [-0.4, -0.2) is 15.0 Å². The Bertz CT molecular complexity index is 784. The third kappa shape index (κ3) is 8.37. The molecule has 3 nitrogen and oxygen atoms in total. The quantitative estimate of drug-likeness (QED) is 0.516. The van der Waals surface area contributed by atoms with Gasteiger partial charge in [-0.15, -0.1) is 0 Å². The first-order valence-corrected chi connectivity index (χ1v) is 7.97. The molecule has 0 aromatic carbocycles.